The van der Waals surface area contributed by atoms with E-state index in [1.165, 1.54) is 0 Å². The fourth-order valence-electron chi connectivity index (χ4n) is 1.31. The van der Waals surface area contributed by atoms with Crippen LogP contribution in [0.15, 0.2) is 0 Å². The van der Waals surface area contributed by atoms with Crippen molar-refractivity contribution in [2.45, 2.75) is 30.5 Å². The third-order valence-corrected chi connectivity index (χ3v) is 5.16. The zero-order valence-electron chi connectivity index (χ0n) is 17.5. The molecule has 0 radical (unpaired) electrons. The van der Waals surface area contributed by atoms with Gasteiger partial charge >= 0.3 is 9.05 Å². The van der Waals surface area contributed by atoms with Gasteiger partial charge in [-0.05, 0) is 0 Å². The number of rotatable bonds is 18. The molecule has 0 spiro atoms. The summed E-state index contributed by atoms with van der Waals surface area (Å²) >= 11 is 0. The molecule has 17 heteroatoms. The van der Waals surface area contributed by atoms with Crippen molar-refractivity contribution < 1.29 is 79.4 Å². The van der Waals surface area contributed by atoms with Crippen LogP contribution in [0.25, 0.3) is 0 Å². The lowest BCUT2D eigenvalue weighted by Crippen LogP contribution is -2.54. The summed E-state index contributed by atoms with van der Waals surface area (Å²) in [6.45, 7) is -5.27. The van der Waals surface area contributed by atoms with Crippen LogP contribution in [-0.4, -0.2) is 167 Å². The molecule has 0 saturated heterocycles. The molecule has 0 bridgehead atoms. The van der Waals surface area contributed by atoms with Gasteiger partial charge in [-0.1, -0.05) is 0 Å². The Morgan fingerprint density at radius 3 is 0.719 bits per heavy atom. The molecule has 0 aliphatic rings. The quantitative estimate of drug-likeness (QED) is 0.0776. The fraction of sp³-hybridized carbons (Fsp3) is 1.00. The van der Waals surface area contributed by atoms with Gasteiger partial charge in [0.1, 0.15) is 6.10 Å². The molecule has 4 atom stereocenters. The lowest BCUT2D eigenvalue weighted by Gasteiger charge is -2.30. The van der Waals surface area contributed by atoms with E-state index in [1.807, 2.05) is 0 Å². The Morgan fingerprint density at radius 1 is 0.406 bits per heavy atom. The zero-order chi connectivity index (χ0) is 24.3. The Bertz CT molecular complexity index is 329. The van der Waals surface area contributed by atoms with E-state index in [1.54, 1.807) is 0 Å². The van der Waals surface area contributed by atoms with Gasteiger partial charge in [0, 0.05) is 0 Å². The molecule has 0 aromatic carbocycles. The highest BCUT2D eigenvalue weighted by atomic mass is 28.4. The van der Waals surface area contributed by atoms with Gasteiger partial charge in [0.2, 0.25) is 0 Å². The largest absolute Gasteiger partial charge is 0.680 e. The minimum Gasteiger partial charge on any atom is -0.412 e. The van der Waals surface area contributed by atoms with Crippen LogP contribution in [0.4, 0.5) is 0 Å². The molecular weight excluding hydrogens is 464 g/mol. The maximum absolute atomic E-state index is 9.40. The molecule has 13 N–H and O–H groups in total. The lowest BCUT2D eigenvalue weighted by molar-refractivity contribution is -0.0969. The van der Waals surface area contributed by atoms with Crippen molar-refractivity contribution in [1.29, 1.82) is 0 Å². The molecule has 198 valence electrons. The van der Waals surface area contributed by atoms with Crippen LogP contribution < -0.4 is 0 Å². The van der Waals surface area contributed by atoms with Gasteiger partial charge in [0.25, 0.3) is 0 Å². The highest BCUT2D eigenvalue weighted by Gasteiger charge is 2.47. The van der Waals surface area contributed by atoms with Crippen LogP contribution in [-0.2, 0) is 17.7 Å². The number of aliphatic hydroxyl groups excluding tert-OH is 11. The van der Waals surface area contributed by atoms with Crippen molar-refractivity contribution in [3.8, 4) is 0 Å². The summed E-state index contributed by atoms with van der Waals surface area (Å²) in [6, 6.07) is 0. The van der Waals surface area contributed by atoms with Gasteiger partial charge in [0.15, 0.2) is 0 Å². The summed E-state index contributed by atoms with van der Waals surface area (Å²) in [7, 11) is -4.20. The third kappa shape index (κ3) is 19.1. The molecule has 4 unspecified atom stereocenters. The highest BCUT2D eigenvalue weighted by molar-refractivity contribution is 6.53. The molecule has 0 aliphatic heterocycles. The van der Waals surface area contributed by atoms with Gasteiger partial charge in [-0.25, -0.2) is 0 Å². The second-order valence-electron chi connectivity index (χ2n) is 6.11. The maximum Gasteiger partial charge on any atom is 0.680 e. The monoisotopic (exact) mass is 502 g/mol. The van der Waals surface area contributed by atoms with E-state index in [4.69, 9.17) is 53.4 Å². The second kappa shape index (κ2) is 22.4. The maximum atomic E-state index is 9.40. The Balaban J connectivity index is -0.00000105. The predicted molar refractivity (Wildman–Crippen MR) is 106 cm³/mol. The van der Waals surface area contributed by atoms with Gasteiger partial charge in [0.05, 0.1) is 90.5 Å². The number of hydrogen-bond donors (Lipinski definition) is 11. The minimum atomic E-state index is -4.20. The molecule has 16 nitrogen and oxygen atoms in total. The minimum absolute atomic E-state index is 0. The van der Waals surface area contributed by atoms with E-state index < -0.39 is 92.4 Å². The summed E-state index contributed by atoms with van der Waals surface area (Å²) in [6.07, 6.45) is -6.19. The summed E-state index contributed by atoms with van der Waals surface area (Å²) in [5.41, 5.74) is 0. The molecular formula is C15H38O16Si. The first-order valence-corrected chi connectivity index (χ1v) is 10.9. The van der Waals surface area contributed by atoms with E-state index in [-0.39, 0.29) is 18.7 Å². The Hall–Kier alpha value is -0.423. The molecule has 0 fully saturated rings. The smallest absolute Gasteiger partial charge is 0.412 e. The summed E-state index contributed by atoms with van der Waals surface area (Å²) in [5, 5.41) is 97.0. The topological polar surface area (TPSA) is 291 Å². The highest BCUT2D eigenvalue weighted by Crippen LogP contribution is 2.15. The SMILES string of the molecule is O.OCC(O)CO.OCC(O)CO[Si](OCC(O)CO)(OCC(O)CO)OCC(O)CO. The second-order valence-corrected chi connectivity index (χ2v) is 8.26. The summed E-state index contributed by atoms with van der Waals surface area (Å²) < 4.78 is 21.0. The number of hydrogen-bond acceptors (Lipinski definition) is 15. The first-order valence-electron chi connectivity index (χ1n) is 9.24. The first-order chi connectivity index (χ1) is 14.6. The van der Waals surface area contributed by atoms with Crippen LogP contribution in [0.5, 0.6) is 0 Å². The average Bonchev–Trinajstić information content (AvgIpc) is 2.81. The van der Waals surface area contributed by atoms with Crippen LogP contribution in [0, 0.1) is 0 Å². The predicted octanol–water partition coefficient (Wildman–Crippen LogP) is -7.59. The zero-order valence-corrected chi connectivity index (χ0v) is 18.5. The molecule has 32 heavy (non-hydrogen) atoms. The van der Waals surface area contributed by atoms with E-state index in [0.29, 0.717) is 0 Å². The van der Waals surface area contributed by atoms with Crippen molar-refractivity contribution in [1.82, 2.24) is 0 Å². The van der Waals surface area contributed by atoms with Crippen molar-refractivity contribution in [2.24, 2.45) is 0 Å². The van der Waals surface area contributed by atoms with Crippen LogP contribution >= 0.6 is 0 Å². The van der Waals surface area contributed by atoms with E-state index in [2.05, 4.69) is 0 Å². The van der Waals surface area contributed by atoms with Gasteiger partial charge in [-0.15, -0.1) is 0 Å². The third-order valence-electron chi connectivity index (χ3n) is 3.07. The van der Waals surface area contributed by atoms with Crippen LogP contribution in [0.3, 0.4) is 0 Å². The molecule has 0 heterocycles. The molecule has 0 aromatic rings. The lowest BCUT2D eigenvalue weighted by atomic mass is 10.4. The van der Waals surface area contributed by atoms with Crippen molar-refractivity contribution in [3.05, 3.63) is 0 Å². The van der Waals surface area contributed by atoms with Gasteiger partial charge < -0.3 is 79.4 Å². The molecule has 0 amide bonds. The Morgan fingerprint density at radius 2 is 0.594 bits per heavy atom. The average molecular weight is 503 g/mol. The van der Waals surface area contributed by atoms with Gasteiger partial charge in [-0.3, -0.25) is 0 Å². The van der Waals surface area contributed by atoms with E-state index in [9.17, 15) is 20.4 Å². The van der Waals surface area contributed by atoms with Crippen molar-refractivity contribution >= 4 is 9.05 Å². The molecule has 0 aromatic heterocycles. The van der Waals surface area contributed by atoms with Crippen LogP contribution in [0.1, 0.15) is 0 Å². The van der Waals surface area contributed by atoms with Gasteiger partial charge in [-0.2, -0.15) is 0 Å². The van der Waals surface area contributed by atoms with Crippen molar-refractivity contribution in [2.75, 3.05) is 66.1 Å². The summed E-state index contributed by atoms with van der Waals surface area (Å²) in [4.78, 5) is 0. The fourth-order valence-corrected chi connectivity index (χ4v) is 3.40. The Kier molecular flexibility index (Phi) is 25.3. The van der Waals surface area contributed by atoms with Crippen LogP contribution in [0.2, 0.25) is 0 Å². The van der Waals surface area contributed by atoms with E-state index >= 15 is 0 Å². The Labute approximate surface area is 185 Å². The van der Waals surface area contributed by atoms with Crippen molar-refractivity contribution in [3.63, 3.8) is 0 Å². The standard InChI is InChI=1S/C12H28O12Si.C3H8O3.H2O/c13-1-9(17)5-21-25(22-6-10(18)2-14,23-7-11(19)3-15)24-8-12(20)4-16;4-1-3(6)2-5;/h9-20H,1-8H2;3-6H,1-2H2;1H2. The van der Waals surface area contributed by atoms with E-state index in [0.717, 1.165) is 0 Å². The summed E-state index contributed by atoms with van der Waals surface area (Å²) in [5.74, 6) is 0. The molecule has 0 rings (SSSR count). The molecule has 0 saturated carbocycles. The normalized spacial score (nSPS) is 16.9. The first kappa shape index (κ1) is 36.2. The molecule has 0 aliphatic carbocycles. The number of aliphatic hydroxyl groups is 11.